The fraction of sp³-hybridized carbons (Fsp3) is 0.667. The summed E-state index contributed by atoms with van der Waals surface area (Å²) in [6, 6.07) is 6.07. The highest BCUT2D eigenvalue weighted by Crippen LogP contribution is 2.33. The van der Waals surface area contributed by atoms with Gasteiger partial charge in [-0.3, -0.25) is 15.1 Å². The number of hydrogen-bond acceptors (Lipinski definition) is 5. The average molecular weight is 378 g/mol. The minimum absolute atomic E-state index is 0.0235. The minimum atomic E-state index is -0.0527. The Morgan fingerprint density at radius 2 is 1.96 bits per heavy atom. The molecule has 1 saturated heterocycles. The zero-order valence-corrected chi connectivity index (χ0v) is 16.8. The topological polar surface area (TPSA) is 76.8 Å². The molecule has 1 heterocycles. The third-order valence-corrected chi connectivity index (χ3v) is 5.27. The molecule has 0 aliphatic carbocycles. The molecule has 0 bridgehead atoms. The van der Waals surface area contributed by atoms with Crippen LogP contribution in [0.4, 0.5) is 0 Å². The number of ether oxygens (including phenoxy) is 2. The molecule has 0 spiro atoms. The lowest BCUT2D eigenvalue weighted by atomic mass is 9.96. The first-order chi connectivity index (χ1) is 13.2. The molecule has 0 aromatic heterocycles. The van der Waals surface area contributed by atoms with E-state index in [1.54, 1.807) is 7.11 Å². The van der Waals surface area contributed by atoms with Gasteiger partial charge in [-0.15, -0.1) is 0 Å². The molecular weight excluding hydrogens is 342 g/mol. The summed E-state index contributed by atoms with van der Waals surface area (Å²) in [4.78, 5) is 14.1. The van der Waals surface area contributed by atoms with E-state index in [1.807, 2.05) is 12.1 Å². The van der Waals surface area contributed by atoms with Gasteiger partial charge in [-0.2, -0.15) is 0 Å². The molecule has 0 unspecified atom stereocenters. The third-order valence-electron chi connectivity index (χ3n) is 5.27. The second-order valence-electron chi connectivity index (χ2n) is 7.27. The Kier molecular flexibility index (Phi) is 9.42. The first kappa shape index (κ1) is 21.5. The van der Waals surface area contributed by atoms with E-state index in [4.69, 9.17) is 15.3 Å². The second-order valence-corrected chi connectivity index (χ2v) is 7.27. The lowest BCUT2D eigenvalue weighted by molar-refractivity contribution is -0.126. The van der Waals surface area contributed by atoms with Gasteiger partial charge in [-0.05, 0) is 38.4 Å². The molecule has 0 saturated carbocycles. The van der Waals surface area contributed by atoms with E-state index < -0.39 is 0 Å². The standard InChI is InChI=1S/C21H35N3O3/c1-3-4-5-6-7-15-27-20-18(9-8-10-19(20)26-2)16-24-13-11-17(12-14-24)21(25)23-22/h8-10,17H,3-7,11-16,22H2,1-2H3,(H,23,25). The molecule has 1 aromatic rings. The van der Waals surface area contributed by atoms with Crippen molar-refractivity contribution in [3.8, 4) is 11.5 Å². The Hall–Kier alpha value is -1.79. The fourth-order valence-corrected chi connectivity index (χ4v) is 3.60. The first-order valence-electron chi connectivity index (χ1n) is 10.2. The van der Waals surface area contributed by atoms with Gasteiger partial charge < -0.3 is 9.47 Å². The van der Waals surface area contributed by atoms with Crippen LogP contribution in [0.2, 0.25) is 0 Å². The van der Waals surface area contributed by atoms with Crippen molar-refractivity contribution in [1.29, 1.82) is 0 Å². The molecule has 1 aliphatic rings. The molecule has 0 atom stereocenters. The number of unbranched alkanes of at least 4 members (excludes halogenated alkanes) is 4. The molecule has 27 heavy (non-hydrogen) atoms. The molecule has 0 radical (unpaired) electrons. The van der Waals surface area contributed by atoms with Crippen molar-refractivity contribution < 1.29 is 14.3 Å². The predicted octanol–water partition coefficient (Wildman–Crippen LogP) is 3.25. The quantitative estimate of drug-likeness (QED) is 0.268. The predicted molar refractivity (Wildman–Crippen MR) is 108 cm³/mol. The van der Waals surface area contributed by atoms with Crippen LogP contribution in [0.5, 0.6) is 11.5 Å². The summed E-state index contributed by atoms with van der Waals surface area (Å²) in [6.07, 6.45) is 7.75. The van der Waals surface area contributed by atoms with E-state index in [2.05, 4.69) is 23.3 Å². The highest BCUT2D eigenvalue weighted by molar-refractivity contribution is 5.78. The van der Waals surface area contributed by atoms with Crippen molar-refractivity contribution in [2.24, 2.45) is 11.8 Å². The van der Waals surface area contributed by atoms with Crippen LogP contribution >= 0.6 is 0 Å². The van der Waals surface area contributed by atoms with Crippen LogP contribution in [-0.2, 0) is 11.3 Å². The zero-order chi connectivity index (χ0) is 19.5. The van der Waals surface area contributed by atoms with E-state index >= 15 is 0 Å². The fourth-order valence-electron chi connectivity index (χ4n) is 3.60. The summed E-state index contributed by atoms with van der Waals surface area (Å²) in [7, 11) is 1.68. The molecule has 152 valence electrons. The number of piperidine rings is 1. The average Bonchev–Trinajstić information content (AvgIpc) is 2.71. The Balaban J connectivity index is 1.91. The molecule has 2 rings (SSSR count). The number of amides is 1. The highest BCUT2D eigenvalue weighted by atomic mass is 16.5. The van der Waals surface area contributed by atoms with E-state index in [1.165, 1.54) is 25.7 Å². The molecule has 1 aliphatic heterocycles. The number of nitrogens with zero attached hydrogens (tertiary/aromatic N) is 1. The number of carbonyl (C=O) groups is 1. The normalized spacial score (nSPS) is 15.5. The number of hydrazine groups is 1. The van der Waals surface area contributed by atoms with Crippen molar-refractivity contribution >= 4 is 5.91 Å². The van der Waals surface area contributed by atoms with Gasteiger partial charge in [0.15, 0.2) is 11.5 Å². The third kappa shape index (κ3) is 6.70. The summed E-state index contributed by atoms with van der Waals surface area (Å²) in [5.74, 6) is 6.87. The van der Waals surface area contributed by atoms with E-state index in [0.29, 0.717) is 0 Å². The summed E-state index contributed by atoms with van der Waals surface area (Å²) >= 11 is 0. The second kappa shape index (κ2) is 11.8. The number of likely N-dealkylation sites (tertiary alicyclic amines) is 1. The van der Waals surface area contributed by atoms with Gasteiger partial charge in [0.1, 0.15) is 0 Å². The van der Waals surface area contributed by atoms with Gasteiger partial charge in [0, 0.05) is 18.0 Å². The first-order valence-corrected chi connectivity index (χ1v) is 10.2. The van der Waals surface area contributed by atoms with Gasteiger partial charge in [0.25, 0.3) is 0 Å². The zero-order valence-electron chi connectivity index (χ0n) is 16.8. The molecule has 3 N–H and O–H groups in total. The molecular formula is C21H35N3O3. The maximum Gasteiger partial charge on any atom is 0.237 e. The minimum Gasteiger partial charge on any atom is -0.493 e. The van der Waals surface area contributed by atoms with Crippen LogP contribution < -0.4 is 20.7 Å². The molecule has 1 fully saturated rings. The summed E-state index contributed by atoms with van der Waals surface area (Å²) in [5, 5.41) is 0. The highest BCUT2D eigenvalue weighted by Gasteiger charge is 2.25. The van der Waals surface area contributed by atoms with Crippen LogP contribution in [0.3, 0.4) is 0 Å². The molecule has 6 nitrogen and oxygen atoms in total. The van der Waals surface area contributed by atoms with Crippen molar-refractivity contribution in [2.75, 3.05) is 26.8 Å². The maximum atomic E-state index is 11.7. The molecule has 1 aromatic carbocycles. The number of hydrogen-bond donors (Lipinski definition) is 2. The lowest BCUT2D eigenvalue weighted by Gasteiger charge is -2.31. The Morgan fingerprint density at radius 1 is 1.22 bits per heavy atom. The number of para-hydroxylation sites is 1. The van der Waals surface area contributed by atoms with Crippen LogP contribution in [0.15, 0.2) is 18.2 Å². The maximum absolute atomic E-state index is 11.7. The number of carbonyl (C=O) groups excluding carboxylic acids is 1. The Bertz CT molecular complexity index is 572. The summed E-state index contributed by atoms with van der Waals surface area (Å²) in [5.41, 5.74) is 3.41. The summed E-state index contributed by atoms with van der Waals surface area (Å²) < 4.78 is 11.6. The van der Waals surface area contributed by atoms with Crippen molar-refractivity contribution in [3.05, 3.63) is 23.8 Å². The van der Waals surface area contributed by atoms with Gasteiger partial charge in [-0.25, -0.2) is 5.84 Å². The Morgan fingerprint density at radius 3 is 2.63 bits per heavy atom. The van der Waals surface area contributed by atoms with Gasteiger partial charge >= 0.3 is 0 Å². The van der Waals surface area contributed by atoms with Crippen LogP contribution in [-0.4, -0.2) is 37.6 Å². The largest absolute Gasteiger partial charge is 0.493 e. The van der Waals surface area contributed by atoms with E-state index in [0.717, 1.165) is 62.6 Å². The van der Waals surface area contributed by atoms with Crippen LogP contribution in [0, 0.1) is 5.92 Å². The van der Waals surface area contributed by atoms with Crippen molar-refractivity contribution in [3.63, 3.8) is 0 Å². The number of methoxy groups -OCH3 is 1. The number of benzene rings is 1. The van der Waals surface area contributed by atoms with Gasteiger partial charge in [-0.1, -0.05) is 44.7 Å². The molecule has 1 amide bonds. The van der Waals surface area contributed by atoms with Gasteiger partial charge in [0.05, 0.1) is 13.7 Å². The molecule has 6 heteroatoms. The number of nitrogens with one attached hydrogen (secondary N) is 1. The Labute approximate surface area is 163 Å². The van der Waals surface area contributed by atoms with Crippen molar-refractivity contribution in [1.82, 2.24) is 10.3 Å². The van der Waals surface area contributed by atoms with Crippen LogP contribution in [0.25, 0.3) is 0 Å². The van der Waals surface area contributed by atoms with E-state index in [9.17, 15) is 4.79 Å². The van der Waals surface area contributed by atoms with Gasteiger partial charge in [0.2, 0.25) is 5.91 Å². The number of nitrogens with two attached hydrogens (primary N) is 1. The lowest BCUT2D eigenvalue weighted by Crippen LogP contribution is -2.42. The smallest absolute Gasteiger partial charge is 0.237 e. The summed E-state index contributed by atoms with van der Waals surface area (Å²) in [6.45, 7) is 5.51. The number of rotatable bonds is 11. The van der Waals surface area contributed by atoms with Crippen LogP contribution in [0.1, 0.15) is 57.4 Å². The van der Waals surface area contributed by atoms with Crippen molar-refractivity contribution in [2.45, 2.75) is 58.4 Å². The SMILES string of the molecule is CCCCCCCOc1c(CN2CCC(C(=O)NN)CC2)cccc1OC. The van der Waals surface area contributed by atoms with E-state index in [-0.39, 0.29) is 11.8 Å². The monoisotopic (exact) mass is 377 g/mol.